The van der Waals surface area contributed by atoms with Crippen LogP contribution in [0.5, 0.6) is 0 Å². The Hall–Kier alpha value is -4.00. The second kappa shape index (κ2) is 7.93. The summed E-state index contributed by atoms with van der Waals surface area (Å²) in [6.45, 7) is 0.310. The van der Waals surface area contributed by atoms with Gasteiger partial charge >= 0.3 is 5.69 Å². The van der Waals surface area contributed by atoms with Crippen molar-refractivity contribution in [1.29, 1.82) is 0 Å². The molecule has 0 amide bonds. The van der Waals surface area contributed by atoms with Crippen LogP contribution in [0.2, 0.25) is 0 Å². The van der Waals surface area contributed by atoms with Crippen molar-refractivity contribution in [2.75, 3.05) is 0 Å². The van der Waals surface area contributed by atoms with E-state index in [1.54, 1.807) is 24.3 Å². The van der Waals surface area contributed by atoms with Gasteiger partial charge in [0, 0.05) is 17.7 Å². The van der Waals surface area contributed by atoms with Crippen LogP contribution < -0.4 is 5.69 Å². The van der Waals surface area contributed by atoms with Gasteiger partial charge < -0.3 is 4.42 Å². The van der Waals surface area contributed by atoms with Crippen molar-refractivity contribution in [1.82, 2.24) is 14.8 Å². The molecule has 0 unspecified atom stereocenters. The van der Waals surface area contributed by atoms with Gasteiger partial charge in [-0.2, -0.15) is 5.10 Å². The predicted octanol–water partition coefficient (Wildman–Crippen LogP) is 4.16. The lowest BCUT2D eigenvalue weighted by atomic mass is 10.1. The Morgan fingerprint density at radius 3 is 2.41 bits per heavy atom. The Labute approximate surface area is 164 Å². The van der Waals surface area contributed by atoms with Crippen molar-refractivity contribution < 1.29 is 13.6 Å². The Balaban J connectivity index is 1.49. The number of benzene rings is 2. The minimum Gasteiger partial charge on any atom is -0.453 e. The molecule has 6 nitrogen and oxygen atoms in total. The second-order valence-corrected chi connectivity index (χ2v) is 6.31. The normalized spacial score (nSPS) is 11.2. The Morgan fingerprint density at radius 2 is 1.72 bits per heavy atom. The third-order valence-corrected chi connectivity index (χ3v) is 4.40. The van der Waals surface area contributed by atoms with E-state index in [4.69, 9.17) is 4.42 Å². The smallest absolute Gasteiger partial charge is 0.343 e. The number of carbonyl (C=O) groups excluding carboxylic acids is 1. The standard InChI is InChI=1S/C22H16FN3O3/c23-18-9-7-17(8-10-18)21-24-25-22(28)26(21)13-1-2-15-3-5-16(6-4-15)20-12-11-19(14-27)29-20/h1-12,14H,13H2,(H,25,28)/b2-1-. The number of furan rings is 1. The molecule has 2 aromatic carbocycles. The monoisotopic (exact) mass is 389 g/mol. The van der Waals surface area contributed by atoms with Crippen molar-refractivity contribution in [2.24, 2.45) is 0 Å². The van der Waals surface area contributed by atoms with Gasteiger partial charge in [0.2, 0.25) is 0 Å². The van der Waals surface area contributed by atoms with Crippen LogP contribution >= 0.6 is 0 Å². The predicted molar refractivity (Wildman–Crippen MR) is 107 cm³/mol. The molecule has 0 atom stereocenters. The quantitative estimate of drug-likeness (QED) is 0.502. The summed E-state index contributed by atoms with van der Waals surface area (Å²) in [5.74, 6) is 1.00. The molecule has 0 spiro atoms. The van der Waals surface area contributed by atoms with E-state index >= 15 is 0 Å². The van der Waals surface area contributed by atoms with Gasteiger partial charge in [0.15, 0.2) is 17.9 Å². The molecule has 0 saturated carbocycles. The lowest BCUT2D eigenvalue weighted by Gasteiger charge is -2.03. The first-order valence-corrected chi connectivity index (χ1v) is 8.87. The third-order valence-electron chi connectivity index (χ3n) is 4.40. The van der Waals surface area contributed by atoms with E-state index < -0.39 is 0 Å². The molecular formula is C22H16FN3O3. The van der Waals surface area contributed by atoms with Crippen molar-refractivity contribution in [3.8, 4) is 22.7 Å². The number of hydrogen-bond donors (Lipinski definition) is 1. The first-order valence-electron chi connectivity index (χ1n) is 8.87. The summed E-state index contributed by atoms with van der Waals surface area (Å²) < 4.78 is 20.0. The van der Waals surface area contributed by atoms with Crippen LogP contribution in [-0.2, 0) is 6.54 Å². The van der Waals surface area contributed by atoms with E-state index in [-0.39, 0.29) is 17.3 Å². The zero-order valence-corrected chi connectivity index (χ0v) is 15.2. The van der Waals surface area contributed by atoms with Crippen molar-refractivity contribution in [2.45, 2.75) is 6.54 Å². The van der Waals surface area contributed by atoms with Gasteiger partial charge in [-0.1, -0.05) is 36.4 Å². The first-order chi connectivity index (χ1) is 14.1. The average Bonchev–Trinajstić information content (AvgIpc) is 3.37. The molecule has 0 bridgehead atoms. The van der Waals surface area contributed by atoms with Gasteiger partial charge in [-0.15, -0.1) is 0 Å². The molecule has 0 aliphatic heterocycles. The fourth-order valence-electron chi connectivity index (χ4n) is 2.93. The summed E-state index contributed by atoms with van der Waals surface area (Å²) in [4.78, 5) is 22.8. The Kier molecular flexibility index (Phi) is 5.03. The van der Waals surface area contributed by atoms with Crippen LogP contribution in [0.1, 0.15) is 16.1 Å². The lowest BCUT2D eigenvalue weighted by Crippen LogP contribution is -2.16. The molecule has 0 aliphatic carbocycles. The number of rotatable bonds is 6. The van der Waals surface area contributed by atoms with E-state index in [0.717, 1.165) is 11.1 Å². The molecule has 144 valence electrons. The fraction of sp³-hybridized carbons (Fsp3) is 0.0455. The molecule has 4 aromatic rings. The summed E-state index contributed by atoms with van der Waals surface area (Å²) in [6, 6.07) is 16.8. The largest absolute Gasteiger partial charge is 0.453 e. The molecule has 1 N–H and O–H groups in total. The number of aromatic nitrogens is 3. The summed E-state index contributed by atoms with van der Waals surface area (Å²) in [7, 11) is 0. The van der Waals surface area contributed by atoms with Crippen LogP contribution in [0, 0.1) is 5.82 Å². The van der Waals surface area contributed by atoms with Gasteiger partial charge in [0.1, 0.15) is 11.6 Å². The topological polar surface area (TPSA) is 80.9 Å². The number of allylic oxidation sites excluding steroid dienone is 1. The van der Waals surface area contributed by atoms with Gasteiger partial charge in [0.05, 0.1) is 0 Å². The van der Waals surface area contributed by atoms with Crippen LogP contribution in [0.4, 0.5) is 4.39 Å². The minimum absolute atomic E-state index is 0.284. The van der Waals surface area contributed by atoms with Gasteiger partial charge in [-0.3, -0.25) is 9.36 Å². The first kappa shape index (κ1) is 18.4. The number of nitrogens with zero attached hydrogens (tertiary/aromatic N) is 2. The highest BCUT2D eigenvalue weighted by atomic mass is 19.1. The number of nitrogens with one attached hydrogen (secondary N) is 1. The Bertz CT molecular complexity index is 1220. The highest BCUT2D eigenvalue weighted by Gasteiger charge is 2.09. The van der Waals surface area contributed by atoms with Crippen molar-refractivity contribution >= 4 is 12.4 Å². The van der Waals surface area contributed by atoms with E-state index in [1.807, 2.05) is 36.4 Å². The maximum atomic E-state index is 13.1. The van der Waals surface area contributed by atoms with E-state index in [9.17, 15) is 14.0 Å². The number of carbonyl (C=O) groups is 1. The van der Waals surface area contributed by atoms with Gasteiger partial charge in [0.25, 0.3) is 0 Å². The SMILES string of the molecule is O=Cc1ccc(-c2ccc(/C=C\Cn3c(-c4ccc(F)cc4)n[nH]c3=O)cc2)o1. The van der Waals surface area contributed by atoms with Crippen molar-refractivity contribution in [3.63, 3.8) is 0 Å². The number of halogens is 1. The molecule has 2 heterocycles. The fourth-order valence-corrected chi connectivity index (χ4v) is 2.93. The highest BCUT2D eigenvalue weighted by molar-refractivity contribution is 5.73. The van der Waals surface area contributed by atoms with Gasteiger partial charge in [-0.05, 0) is 42.0 Å². The molecule has 2 aromatic heterocycles. The number of H-pyrrole nitrogens is 1. The molecular weight excluding hydrogens is 373 g/mol. The van der Waals surface area contributed by atoms with Crippen LogP contribution in [0.25, 0.3) is 28.8 Å². The van der Waals surface area contributed by atoms with Crippen molar-refractivity contribution in [3.05, 3.63) is 94.4 Å². The van der Waals surface area contributed by atoms with E-state index in [0.29, 0.717) is 30.0 Å². The van der Waals surface area contributed by atoms with Crippen LogP contribution in [0.3, 0.4) is 0 Å². The van der Waals surface area contributed by atoms with Gasteiger partial charge in [-0.25, -0.2) is 14.3 Å². The summed E-state index contributed by atoms with van der Waals surface area (Å²) in [5.41, 5.74) is 2.11. The second-order valence-electron chi connectivity index (χ2n) is 6.31. The highest BCUT2D eigenvalue weighted by Crippen LogP contribution is 2.22. The summed E-state index contributed by atoms with van der Waals surface area (Å²) >= 11 is 0. The molecule has 0 saturated heterocycles. The third kappa shape index (κ3) is 3.98. The van der Waals surface area contributed by atoms with Crippen LogP contribution in [0.15, 0.2) is 76.0 Å². The molecule has 4 rings (SSSR count). The van der Waals surface area contributed by atoms with E-state index in [2.05, 4.69) is 10.2 Å². The number of aromatic amines is 1. The van der Waals surface area contributed by atoms with E-state index in [1.165, 1.54) is 16.7 Å². The summed E-state index contributed by atoms with van der Waals surface area (Å²) in [5, 5.41) is 6.46. The molecule has 0 aliphatic rings. The van der Waals surface area contributed by atoms with Crippen LogP contribution in [-0.4, -0.2) is 21.1 Å². The summed E-state index contributed by atoms with van der Waals surface area (Å²) in [6.07, 6.45) is 4.39. The molecule has 0 radical (unpaired) electrons. The molecule has 29 heavy (non-hydrogen) atoms. The maximum Gasteiger partial charge on any atom is 0.343 e. The average molecular weight is 389 g/mol. The number of aldehydes is 1. The lowest BCUT2D eigenvalue weighted by molar-refractivity contribution is 0.110. The Morgan fingerprint density at radius 1 is 1.00 bits per heavy atom. The minimum atomic E-state index is -0.349. The zero-order chi connectivity index (χ0) is 20.2. The molecule has 0 fully saturated rings. The maximum absolute atomic E-state index is 13.1. The number of hydrogen-bond acceptors (Lipinski definition) is 4. The molecule has 7 heteroatoms. The zero-order valence-electron chi connectivity index (χ0n) is 15.2.